The van der Waals surface area contributed by atoms with Crippen LogP contribution in [0.25, 0.3) is 11.0 Å². The van der Waals surface area contributed by atoms with E-state index < -0.39 is 0 Å². The Labute approximate surface area is 109 Å². The van der Waals surface area contributed by atoms with Gasteiger partial charge in [0.05, 0.1) is 12.7 Å². The summed E-state index contributed by atoms with van der Waals surface area (Å²) in [5.74, 6) is 0. The van der Waals surface area contributed by atoms with Crippen LogP contribution >= 0.6 is 0 Å². The van der Waals surface area contributed by atoms with Crippen LogP contribution in [0.4, 0.5) is 0 Å². The summed E-state index contributed by atoms with van der Waals surface area (Å²) in [6.07, 6.45) is 3.98. The van der Waals surface area contributed by atoms with Gasteiger partial charge in [0.25, 0.3) is 5.56 Å². The van der Waals surface area contributed by atoms with E-state index in [-0.39, 0.29) is 5.56 Å². The SMILES string of the molecule is C=C(CNC1CC1)Cn1nnc2c(cnn2C)c1=O. The second-order valence-corrected chi connectivity index (χ2v) is 4.96. The molecule has 0 amide bonds. The Morgan fingerprint density at radius 2 is 2.37 bits per heavy atom. The summed E-state index contributed by atoms with van der Waals surface area (Å²) in [6.45, 7) is 5.06. The molecule has 100 valence electrons. The van der Waals surface area contributed by atoms with Crippen molar-refractivity contribution in [1.29, 1.82) is 0 Å². The molecule has 2 aromatic rings. The number of nitrogens with one attached hydrogen (secondary N) is 1. The molecule has 0 unspecified atom stereocenters. The zero-order valence-corrected chi connectivity index (χ0v) is 10.8. The van der Waals surface area contributed by atoms with Crippen LogP contribution < -0.4 is 10.9 Å². The predicted octanol–water partition coefficient (Wildman–Crippen LogP) is -0.167. The van der Waals surface area contributed by atoms with Crippen LogP contribution in [0, 0.1) is 0 Å². The van der Waals surface area contributed by atoms with Crippen LogP contribution in [0.5, 0.6) is 0 Å². The minimum atomic E-state index is -0.175. The fraction of sp³-hybridized carbons (Fsp3) is 0.500. The lowest BCUT2D eigenvalue weighted by Crippen LogP contribution is -2.28. The molecule has 0 atom stereocenters. The van der Waals surface area contributed by atoms with Crippen molar-refractivity contribution >= 4 is 11.0 Å². The van der Waals surface area contributed by atoms with Gasteiger partial charge in [-0.2, -0.15) is 5.10 Å². The minimum absolute atomic E-state index is 0.175. The first kappa shape index (κ1) is 12.0. The molecule has 7 nitrogen and oxygen atoms in total. The third kappa shape index (κ3) is 2.41. The van der Waals surface area contributed by atoms with E-state index >= 15 is 0 Å². The lowest BCUT2D eigenvalue weighted by molar-refractivity contribution is 0.572. The van der Waals surface area contributed by atoms with Crippen LogP contribution in [0.15, 0.2) is 23.1 Å². The number of aryl methyl sites for hydroxylation is 1. The van der Waals surface area contributed by atoms with Crippen molar-refractivity contribution in [3.63, 3.8) is 0 Å². The number of fused-ring (bicyclic) bond motifs is 1. The van der Waals surface area contributed by atoms with Crippen molar-refractivity contribution < 1.29 is 0 Å². The molecular formula is C12H16N6O. The average molecular weight is 260 g/mol. The van der Waals surface area contributed by atoms with E-state index in [2.05, 4.69) is 27.3 Å². The fourth-order valence-corrected chi connectivity index (χ4v) is 1.92. The minimum Gasteiger partial charge on any atom is -0.310 e. The maximum atomic E-state index is 12.2. The van der Waals surface area contributed by atoms with E-state index in [1.165, 1.54) is 28.4 Å². The highest BCUT2D eigenvalue weighted by molar-refractivity contribution is 5.72. The van der Waals surface area contributed by atoms with Crippen LogP contribution in [0.1, 0.15) is 12.8 Å². The molecule has 0 aromatic carbocycles. The second-order valence-electron chi connectivity index (χ2n) is 4.96. The zero-order valence-electron chi connectivity index (χ0n) is 10.8. The third-order valence-corrected chi connectivity index (χ3v) is 3.21. The van der Waals surface area contributed by atoms with Crippen LogP contribution in [-0.4, -0.2) is 37.4 Å². The first-order valence-electron chi connectivity index (χ1n) is 6.30. The van der Waals surface area contributed by atoms with Crippen molar-refractivity contribution in [3.05, 3.63) is 28.7 Å². The molecule has 2 aromatic heterocycles. The average Bonchev–Trinajstić information content (AvgIpc) is 3.14. The molecule has 0 saturated heterocycles. The van der Waals surface area contributed by atoms with Crippen molar-refractivity contribution in [2.45, 2.75) is 25.4 Å². The van der Waals surface area contributed by atoms with E-state index in [1.807, 2.05) is 0 Å². The summed E-state index contributed by atoms with van der Waals surface area (Å²) in [7, 11) is 1.74. The van der Waals surface area contributed by atoms with Gasteiger partial charge in [-0.1, -0.05) is 11.8 Å². The number of rotatable bonds is 5. The first-order chi connectivity index (χ1) is 9.15. The van der Waals surface area contributed by atoms with Crippen molar-refractivity contribution in [3.8, 4) is 0 Å². The maximum absolute atomic E-state index is 12.2. The van der Waals surface area contributed by atoms with E-state index in [4.69, 9.17) is 0 Å². The van der Waals surface area contributed by atoms with Gasteiger partial charge in [0.15, 0.2) is 5.65 Å². The van der Waals surface area contributed by atoms with E-state index in [9.17, 15) is 4.79 Å². The summed E-state index contributed by atoms with van der Waals surface area (Å²) in [4.78, 5) is 12.2. The molecule has 1 saturated carbocycles. The molecule has 0 spiro atoms. The quantitative estimate of drug-likeness (QED) is 0.755. The van der Waals surface area contributed by atoms with Gasteiger partial charge in [-0.15, -0.1) is 5.10 Å². The highest BCUT2D eigenvalue weighted by Gasteiger charge is 2.20. The van der Waals surface area contributed by atoms with Gasteiger partial charge < -0.3 is 5.32 Å². The number of aromatic nitrogens is 5. The number of hydrogen-bond donors (Lipinski definition) is 1. The van der Waals surface area contributed by atoms with E-state index in [0.29, 0.717) is 30.2 Å². The topological polar surface area (TPSA) is 77.6 Å². The summed E-state index contributed by atoms with van der Waals surface area (Å²) in [6, 6.07) is 0.625. The summed E-state index contributed by atoms with van der Waals surface area (Å²) in [5, 5.41) is 15.8. The third-order valence-electron chi connectivity index (χ3n) is 3.21. The molecule has 0 bridgehead atoms. The molecule has 1 aliphatic rings. The molecule has 2 heterocycles. The Morgan fingerprint density at radius 1 is 1.58 bits per heavy atom. The normalized spacial score (nSPS) is 15.0. The summed E-state index contributed by atoms with van der Waals surface area (Å²) < 4.78 is 2.87. The lowest BCUT2D eigenvalue weighted by Gasteiger charge is -2.07. The van der Waals surface area contributed by atoms with Gasteiger partial charge in [0, 0.05) is 19.6 Å². The lowest BCUT2D eigenvalue weighted by atomic mass is 10.3. The molecule has 1 aliphatic carbocycles. The van der Waals surface area contributed by atoms with Crippen molar-refractivity contribution in [2.24, 2.45) is 7.05 Å². The molecule has 19 heavy (non-hydrogen) atoms. The van der Waals surface area contributed by atoms with Gasteiger partial charge in [-0.3, -0.25) is 4.79 Å². The highest BCUT2D eigenvalue weighted by Crippen LogP contribution is 2.18. The smallest absolute Gasteiger partial charge is 0.281 e. The molecule has 3 rings (SSSR count). The molecule has 0 radical (unpaired) electrons. The van der Waals surface area contributed by atoms with E-state index in [0.717, 1.165) is 5.57 Å². The number of nitrogens with zero attached hydrogens (tertiary/aromatic N) is 5. The van der Waals surface area contributed by atoms with Gasteiger partial charge >= 0.3 is 0 Å². The Balaban J connectivity index is 1.78. The molecule has 7 heteroatoms. The van der Waals surface area contributed by atoms with Gasteiger partial charge in [0.2, 0.25) is 0 Å². The number of hydrogen-bond acceptors (Lipinski definition) is 5. The maximum Gasteiger partial charge on any atom is 0.281 e. The van der Waals surface area contributed by atoms with Gasteiger partial charge in [0.1, 0.15) is 5.39 Å². The first-order valence-corrected chi connectivity index (χ1v) is 6.30. The molecule has 1 fully saturated rings. The van der Waals surface area contributed by atoms with Crippen molar-refractivity contribution in [2.75, 3.05) is 6.54 Å². The Hall–Kier alpha value is -2.02. The monoisotopic (exact) mass is 260 g/mol. The molecule has 1 N–H and O–H groups in total. The Kier molecular flexibility index (Phi) is 2.90. The van der Waals surface area contributed by atoms with Crippen LogP contribution in [0.3, 0.4) is 0 Å². The summed E-state index contributed by atoms with van der Waals surface area (Å²) >= 11 is 0. The fourth-order valence-electron chi connectivity index (χ4n) is 1.92. The Bertz CT molecular complexity index is 681. The molecular weight excluding hydrogens is 244 g/mol. The van der Waals surface area contributed by atoms with Gasteiger partial charge in [-0.25, -0.2) is 9.36 Å². The predicted molar refractivity (Wildman–Crippen MR) is 70.7 cm³/mol. The van der Waals surface area contributed by atoms with Crippen LogP contribution in [-0.2, 0) is 13.6 Å². The molecule has 0 aliphatic heterocycles. The highest BCUT2D eigenvalue weighted by atomic mass is 16.1. The Morgan fingerprint density at radius 3 is 3.11 bits per heavy atom. The van der Waals surface area contributed by atoms with Crippen molar-refractivity contribution in [1.82, 2.24) is 30.1 Å². The van der Waals surface area contributed by atoms with E-state index in [1.54, 1.807) is 7.05 Å². The zero-order chi connectivity index (χ0) is 13.4. The van der Waals surface area contributed by atoms with Gasteiger partial charge in [-0.05, 0) is 18.4 Å². The second kappa shape index (κ2) is 4.58. The summed E-state index contributed by atoms with van der Waals surface area (Å²) in [5.41, 5.74) is 1.25. The largest absolute Gasteiger partial charge is 0.310 e. The van der Waals surface area contributed by atoms with Crippen LogP contribution in [0.2, 0.25) is 0 Å². The standard InChI is InChI=1S/C12H16N6O/c1-8(5-13-9-3-4-9)7-18-12(19)10-6-14-17(2)11(10)15-16-18/h6,9,13H,1,3-5,7H2,2H3.